The fraction of sp³-hybridized carbons (Fsp3) is 0. The van der Waals surface area contributed by atoms with Gasteiger partial charge in [-0.2, -0.15) is 0 Å². The van der Waals surface area contributed by atoms with Crippen molar-refractivity contribution in [3.63, 3.8) is 0 Å². The Labute approximate surface area is 122 Å². The summed E-state index contributed by atoms with van der Waals surface area (Å²) in [6.07, 6.45) is 0. The molecule has 5 nitrogen and oxygen atoms in total. The number of hydrogen-bond acceptors (Lipinski definition) is 4. The van der Waals surface area contributed by atoms with Crippen LogP contribution in [0.15, 0.2) is 34.5 Å². The van der Waals surface area contributed by atoms with Gasteiger partial charge in [0, 0.05) is 0 Å². The molecule has 2 rings (SSSR count). The van der Waals surface area contributed by atoms with Crippen molar-refractivity contribution in [2.75, 3.05) is 4.72 Å². The van der Waals surface area contributed by atoms with Gasteiger partial charge in [-0.25, -0.2) is 17.6 Å². The predicted molar refractivity (Wildman–Crippen MR) is 73.5 cm³/mol. The maximum Gasteiger partial charge on any atom is 0.340 e. The van der Waals surface area contributed by atoms with Crippen molar-refractivity contribution in [1.29, 1.82) is 0 Å². The number of rotatable bonds is 4. The molecule has 1 heterocycles. The normalized spacial score (nSPS) is 11.3. The molecular weight excluding hydrogens is 329 g/mol. The average molecular weight is 336 g/mol. The Kier molecular flexibility index (Phi) is 3.98. The van der Waals surface area contributed by atoms with Crippen LogP contribution in [0.1, 0.15) is 10.4 Å². The number of halogens is 2. The minimum atomic E-state index is -4.01. The van der Waals surface area contributed by atoms with Crippen LogP contribution in [0.2, 0.25) is 4.34 Å². The minimum Gasteiger partial charge on any atom is -0.478 e. The summed E-state index contributed by atoms with van der Waals surface area (Å²) >= 11 is 6.45. The third-order valence-corrected chi connectivity index (χ3v) is 5.37. The van der Waals surface area contributed by atoms with Crippen LogP contribution in [-0.4, -0.2) is 19.5 Å². The molecule has 0 amide bonds. The summed E-state index contributed by atoms with van der Waals surface area (Å²) in [4.78, 5) is 11.0. The molecule has 0 atom stereocenters. The first-order valence-corrected chi connectivity index (χ1v) is 7.79. The van der Waals surface area contributed by atoms with Gasteiger partial charge in [0.2, 0.25) is 0 Å². The zero-order valence-corrected chi connectivity index (χ0v) is 12.0. The van der Waals surface area contributed by atoms with E-state index in [9.17, 15) is 17.6 Å². The van der Waals surface area contributed by atoms with Crippen LogP contribution in [-0.2, 0) is 10.0 Å². The number of sulfonamides is 1. The molecule has 2 aromatic rings. The second-order valence-corrected chi connectivity index (χ2v) is 7.26. The molecule has 1 aromatic heterocycles. The molecule has 0 fully saturated rings. The number of benzene rings is 1. The number of thiophene rings is 1. The summed E-state index contributed by atoms with van der Waals surface area (Å²) in [5, 5.41) is 8.92. The monoisotopic (exact) mass is 335 g/mol. The van der Waals surface area contributed by atoms with E-state index in [0.29, 0.717) is 0 Å². The molecule has 0 bridgehead atoms. The fourth-order valence-electron chi connectivity index (χ4n) is 1.46. The standard InChI is InChI=1S/C11H7ClFNO4S2/c12-8-4-5-9(19-8)20(17,18)14-7-3-1-2-6(13)10(7)11(15)16/h1-5,14H,(H,15,16). The molecule has 0 aliphatic rings. The van der Waals surface area contributed by atoms with Gasteiger partial charge in [0.25, 0.3) is 10.0 Å². The average Bonchev–Trinajstić information content (AvgIpc) is 2.75. The Morgan fingerprint density at radius 2 is 2.00 bits per heavy atom. The summed E-state index contributed by atoms with van der Waals surface area (Å²) in [7, 11) is -4.01. The zero-order valence-electron chi connectivity index (χ0n) is 9.63. The minimum absolute atomic E-state index is 0.0944. The van der Waals surface area contributed by atoms with Crippen molar-refractivity contribution in [3.05, 3.63) is 46.0 Å². The van der Waals surface area contributed by atoms with E-state index in [1.165, 1.54) is 24.3 Å². The molecule has 0 saturated heterocycles. The van der Waals surface area contributed by atoms with Crippen LogP contribution in [0.4, 0.5) is 10.1 Å². The second kappa shape index (κ2) is 5.39. The van der Waals surface area contributed by atoms with Crippen LogP contribution in [0.3, 0.4) is 0 Å². The Morgan fingerprint density at radius 3 is 2.55 bits per heavy atom. The summed E-state index contributed by atoms with van der Waals surface area (Å²) in [6, 6.07) is 5.98. The van der Waals surface area contributed by atoms with Gasteiger partial charge in [-0.1, -0.05) is 17.7 Å². The highest BCUT2D eigenvalue weighted by atomic mass is 35.5. The highest BCUT2D eigenvalue weighted by Crippen LogP contribution is 2.28. The first-order valence-electron chi connectivity index (χ1n) is 5.11. The lowest BCUT2D eigenvalue weighted by Crippen LogP contribution is -2.15. The third kappa shape index (κ3) is 2.92. The molecule has 20 heavy (non-hydrogen) atoms. The number of carbonyl (C=O) groups is 1. The number of carboxylic acid groups (broad SMARTS) is 1. The number of hydrogen-bond donors (Lipinski definition) is 2. The Hall–Kier alpha value is -1.64. The maximum atomic E-state index is 13.4. The van der Waals surface area contributed by atoms with E-state index in [4.69, 9.17) is 16.7 Å². The van der Waals surface area contributed by atoms with E-state index in [-0.39, 0.29) is 14.2 Å². The predicted octanol–water partition coefficient (Wildman–Crippen LogP) is 3.04. The quantitative estimate of drug-likeness (QED) is 0.899. The van der Waals surface area contributed by atoms with E-state index in [1.807, 2.05) is 4.72 Å². The summed E-state index contributed by atoms with van der Waals surface area (Å²) in [5.41, 5.74) is -1.08. The molecule has 0 spiro atoms. The van der Waals surface area contributed by atoms with Gasteiger partial charge < -0.3 is 5.11 Å². The van der Waals surface area contributed by atoms with Crippen LogP contribution in [0.25, 0.3) is 0 Å². The first-order chi connectivity index (χ1) is 9.31. The van der Waals surface area contributed by atoms with Gasteiger partial charge in [0.05, 0.1) is 10.0 Å². The molecule has 0 aliphatic carbocycles. The van der Waals surface area contributed by atoms with E-state index in [0.717, 1.165) is 17.4 Å². The van der Waals surface area contributed by atoms with Crippen LogP contribution in [0, 0.1) is 5.82 Å². The highest BCUT2D eigenvalue weighted by Gasteiger charge is 2.22. The fourth-order valence-corrected chi connectivity index (χ4v) is 4.02. The van der Waals surface area contributed by atoms with Crippen LogP contribution < -0.4 is 4.72 Å². The zero-order chi connectivity index (χ0) is 14.9. The topological polar surface area (TPSA) is 83.5 Å². The molecule has 1 aromatic carbocycles. The van der Waals surface area contributed by atoms with Crippen molar-refractivity contribution >= 4 is 44.6 Å². The van der Waals surface area contributed by atoms with E-state index in [2.05, 4.69) is 0 Å². The van der Waals surface area contributed by atoms with Gasteiger partial charge in [-0.05, 0) is 24.3 Å². The first kappa shape index (κ1) is 14.8. The van der Waals surface area contributed by atoms with Crippen molar-refractivity contribution < 1.29 is 22.7 Å². The number of anilines is 1. The van der Waals surface area contributed by atoms with E-state index < -0.39 is 27.4 Å². The van der Waals surface area contributed by atoms with Gasteiger partial charge in [0.1, 0.15) is 15.6 Å². The molecule has 0 saturated carbocycles. The smallest absolute Gasteiger partial charge is 0.340 e. The third-order valence-electron chi connectivity index (χ3n) is 2.29. The largest absolute Gasteiger partial charge is 0.478 e. The van der Waals surface area contributed by atoms with Crippen molar-refractivity contribution in [1.82, 2.24) is 0 Å². The molecule has 0 aliphatic heterocycles. The van der Waals surface area contributed by atoms with Crippen LogP contribution in [0.5, 0.6) is 0 Å². The Balaban J connectivity index is 2.45. The van der Waals surface area contributed by atoms with E-state index >= 15 is 0 Å². The SMILES string of the molecule is O=C(O)c1c(F)cccc1NS(=O)(=O)c1ccc(Cl)s1. The molecule has 0 unspecified atom stereocenters. The van der Waals surface area contributed by atoms with E-state index in [1.54, 1.807) is 0 Å². The second-order valence-electron chi connectivity index (χ2n) is 3.63. The molecule has 106 valence electrons. The number of nitrogens with one attached hydrogen (secondary N) is 1. The summed E-state index contributed by atoms with van der Waals surface area (Å²) in [6.45, 7) is 0. The molecule has 0 radical (unpaired) electrons. The number of aromatic carboxylic acids is 1. The van der Waals surface area contributed by atoms with Crippen molar-refractivity contribution in [2.45, 2.75) is 4.21 Å². The highest BCUT2D eigenvalue weighted by molar-refractivity contribution is 7.94. The summed E-state index contributed by atoms with van der Waals surface area (Å²) in [5.74, 6) is -2.59. The molecule has 2 N–H and O–H groups in total. The Morgan fingerprint density at radius 1 is 1.30 bits per heavy atom. The van der Waals surface area contributed by atoms with Crippen molar-refractivity contribution in [2.24, 2.45) is 0 Å². The lowest BCUT2D eigenvalue weighted by Gasteiger charge is -2.09. The van der Waals surface area contributed by atoms with Gasteiger partial charge in [0.15, 0.2) is 0 Å². The maximum absolute atomic E-state index is 13.4. The van der Waals surface area contributed by atoms with Gasteiger partial charge in [-0.15, -0.1) is 11.3 Å². The number of carboxylic acids is 1. The molecule has 9 heteroatoms. The lowest BCUT2D eigenvalue weighted by atomic mass is 10.2. The molecular formula is C11H7ClFNO4S2. The Bertz CT molecular complexity index is 772. The van der Waals surface area contributed by atoms with Gasteiger partial charge >= 0.3 is 5.97 Å². The van der Waals surface area contributed by atoms with Gasteiger partial charge in [-0.3, -0.25) is 4.72 Å². The van der Waals surface area contributed by atoms with Crippen LogP contribution >= 0.6 is 22.9 Å². The van der Waals surface area contributed by atoms with Crippen molar-refractivity contribution in [3.8, 4) is 0 Å². The lowest BCUT2D eigenvalue weighted by molar-refractivity contribution is 0.0693. The summed E-state index contributed by atoms with van der Waals surface area (Å²) < 4.78 is 39.7.